The number of aromatic nitrogens is 2. The van der Waals surface area contributed by atoms with Crippen molar-refractivity contribution in [2.75, 3.05) is 5.32 Å². The number of rotatable bonds is 6. The van der Waals surface area contributed by atoms with Crippen LogP contribution in [0.1, 0.15) is 34.6 Å². The summed E-state index contributed by atoms with van der Waals surface area (Å²) < 4.78 is 4.39. The van der Waals surface area contributed by atoms with Gasteiger partial charge in [-0.15, -0.1) is 0 Å². The molecule has 6 nitrogen and oxygen atoms in total. The minimum atomic E-state index is -0.278. The van der Waals surface area contributed by atoms with Gasteiger partial charge in [-0.1, -0.05) is 49.7 Å². The van der Waals surface area contributed by atoms with Gasteiger partial charge in [-0.25, -0.2) is 0 Å². The molecule has 0 bridgehead atoms. The summed E-state index contributed by atoms with van der Waals surface area (Å²) in [5.41, 5.74) is 3.68. The highest BCUT2D eigenvalue weighted by atomic mass is 32.1. The molecule has 2 aromatic heterocycles. The van der Waals surface area contributed by atoms with Crippen molar-refractivity contribution in [3.05, 3.63) is 64.7 Å². The molecule has 2 heterocycles. The third-order valence-electron chi connectivity index (χ3n) is 4.15. The van der Waals surface area contributed by atoms with Crippen molar-refractivity contribution in [2.45, 2.75) is 27.3 Å². The summed E-state index contributed by atoms with van der Waals surface area (Å²) in [7, 11) is 0. The molecule has 0 saturated heterocycles. The predicted octanol–water partition coefficient (Wildman–Crippen LogP) is 4.04. The lowest BCUT2D eigenvalue weighted by Gasteiger charge is -2.11. The van der Waals surface area contributed by atoms with Crippen LogP contribution in [-0.2, 0) is 11.3 Å². The minimum absolute atomic E-state index is 0.176. The van der Waals surface area contributed by atoms with Gasteiger partial charge in [0.05, 0.1) is 11.4 Å². The Hall–Kier alpha value is -3.06. The normalized spacial score (nSPS) is 10.7. The van der Waals surface area contributed by atoms with E-state index in [0.717, 1.165) is 22.7 Å². The maximum atomic E-state index is 12.8. The van der Waals surface area contributed by atoms with Crippen LogP contribution in [0.2, 0.25) is 0 Å². The molecule has 0 spiro atoms. The average Bonchev–Trinajstić information content (AvgIpc) is 3.11. The van der Waals surface area contributed by atoms with Gasteiger partial charge in [0.2, 0.25) is 5.91 Å². The number of nitrogens with zero attached hydrogens (tertiary/aromatic N) is 2. The molecule has 0 atom stereocenters. The van der Waals surface area contributed by atoms with Gasteiger partial charge in [-0.05, 0) is 36.2 Å². The van der Waals surface area contributed by atoms with Crippen molar-refractivity contribution in [1.29, 1.82) is 0 Å². The number of pyridine rings is 1. The van der Waals surface area contributed by atoms with Crippen molar-refractivity contribution in [1.82, 2.24) is 14.7 Å². The predicted molar refractivity (Wildman–Crippen MR) is 111 cm³/mol. The van der Waals surface area contributed by atoms with Gasteiger partial charge in [0.25, 0.3) is 5.91 Å². The quantitative estimate of drug-likeness (QED) is 0.661. The third-order valence-corrected chi connectivity index (χ3v) is 5.00. The SMILES string of the molecule is Cc1ccc(CNC(=O)c2snc(-c3ccccn3)c2NC(=O)C(C)C)cc1. The zero-order valence-electron chi connectivity index (χ0n) is 16.0. The molecular formula is C21H22N4O2S. The van der Waals surface area contributed by atoms with Crippen LogP contribution in [0, 0.1) is 12.8 Å². The minimum Gasteiger partial charge on any atom is -0.347 e. The molecule has 1 aromatic carbocycles. The zero-order valence-corrected chi connectivity index (χ0v) is 16.8. The second-order valence-corrected chi connectivity index (χ2v) is 7.54. The van der Waals surface area contributed by atoms with E-state index in [-0.39, 0.29) is 17.7 Å². The van der Waals surface area contributed by atoms with Crippen molar-refractivity contribution in [2.24, 2.45) is 5.92 Å². The number of hydrogen-bond acceptors (Lipinski definition) is 5. The molecule has 2 N–H and O–H groups in total. The van der Waals surface area contributed by atoms with Crippen molar-refractivity contribution >= 4 is 29.0 Å². The molecule has 7 heteroatoms. The number of hydrogen-bond donors (Lipinski definition) is 2. The summed E-state index contributed by atoms with van der Waals surface area (Å²) in [6.45, 7) is 6.01. The van der Waals surface area contributed by atoms with Gasteiger partial charge in [0, 0.05) is 18.7 Å². The molecule has 0 saturated carbocycles. The monoisotopic (exact) mass is 394 g/mol. The van der Waals surface area contributed by atoms with E-state index in [9.17, 15) is 9.59 Å². The summed E-state index contributed by atoms with van der Waals surface area (Å²) in [5.74, 6) is -0.677. The van der Waals surface area contributed by atoms with Gasteiger partial charge in [-0.2, -0.15) is 4.37 Å². The molecular weight excluding hydrogens is 372 g/mol. The molecule has 0 unspecified atom stereocenters. The highest BCUT2D eigenvalue weighted by Gasteiger charge is 2.24. The van der Waals surface area contributed by atoms with Crippen LogP contribution in [0.3, 0.4) is 0 Å². The first-order valence-corrected chi connectivity index (χ1v) is 9.78. The van der Waals surface area contributed by atoms with Gasteiger partial charge >= 0.3 is 0 Å². The van der Waals surface area contributed by atoms with Gasteiger partial charge in [-0.3, -0.25) is 14.6 Å². The molecule has 0 aliphatic rings. The number of amides is 2. The Balaban J connectivity index is 1.86. The zero-order chi connectivity index (χ0) is 20.1. The lowest BCUT2D eigenvalue weighted by molar-refractivity contribution is -0.118. The van der Waals surface area contributed by atoms with Crippen LogP contribution in [-0.4, -0.2) is 21.2 Å². The Morgan fingerprint density at radius 3 is 2.50 bits per heavy atom. The van der Waals surface area contributed by atoms with Crippen molar-refractivity contribution in [3.8, 4) is 11.4 Å². The number of aryl methyl sites for hydroxylation is 1. The molecule has 2 amide bonds. The number of carbonyl (C=O) groups excluding carboxylic acids is 2. The van der Waals surface area contributed by atoms with E-state index in [1.165, 1.54) is 0 Å². The molecule has 0 aliphatic heterocycles. The molecule has 28 heavy (non-hydrogen) atoms. The molecule has 0 aliphatic carbocycles. The average molecular weight is 395 g/mol. The van der Waals surface area contributed by atoms with Crippen LogP contribution < -0.4 is 10.6 Å². The van der Waals surface area contributed by atoms with Crippen molar-refractivity contribution in [3.63, 3.8) is 0 Å². The Morgan fingerprint density at radius 1 is 1.11 bits per heavy atom. The highest BCUT2D eigenvalue weighted by molar-refractivity contribution is 7.09. The maximum absolute atomic E-state index is 12.8. The Bertz CT molecular complexity index is 966. The van der Waals surface area contributed by atoms with E-state index in [1.54, 1.807) is 32.2 Å². The molecule has 3 rings (SSSR count). The van der Waals surface area contributed by atoms with E-state index in [1.807, 2.05) is 37.3 Å². The lowest BCUT2D eigenvalue weighted by Crippen LogP contribution is -2.25. The number of nitrogens with one attached hydrogen (secondary N) is 2. The summed E-state index contributed by atoms with van der Waals surface area (Å²) >= 11 is 1.05. The smallest absolute Gasteiger partial charge is 0.265 e. The summed E-state index contributed by atoms with van der Waals surface area (Å²) in [4.78, 5) is 29.7. The first-order valence-electron chi connectivity index (χ1n) is 9.01. The van der Waals surface area contributed by atoms with Gasteiger partial charge in [0.1, 0.15) is 10.6 Å². The Kier molecular flexibility index (Phi) is 6.16. The Morgan fingerprint density at radius 2 is 1.86 bits per heavy atom. The molecule has 0 fully saturated rings. The second-order valence-electron chi connectivity index (χ2n) is 6.76. The highest BCUT2D eigenvalue weighted by Crippen LogP contribution is 2.32. The second kappa shape index (κ2) is 8.75. The molecule has 144 valence electrons. The van der Waals surface area contributed by atoms with Crippen LogP contribution >= 0.6 is 11.5 Å². The van der Waals surface area contributed by atoms with Crippen LogP contribution in [0.15, 0.2) is 48.7 Å². The number of benzene rings is 1. The van der Waals surface area contributed by atoms with E-state index in [4.69, 9.17) is 0 Å². The van der Waals surface area contributed by atoms with Crippen molar-refractivity contribution < 1.29 is 9.59 Å². The fraction of sp³-hybridized carbons (Fsp3) is 0.238. The van der Waals surface area contributed by atoms with Gasteiger partial charge < -0.3 is 10.6 Å². The topological polar surface area (TPSA) is 84.0 Å². The maximum Gasteiger partial charge on any atom is 0.265 e. The van der Waals surface area contributed by atoms with Crippen LogP contribution in [0.25, 0.3) is 11.4 Å². The van der Waals surface area contributed by atoms with E-state index in [2.05, 4.69) is 20.0 Å². The standard InChI is InChI=1S/C21H22N4O2S/c1-13(2)20(26)24-18-17(16-6-4-5-11-22-16)25-28-19(18)21(27)23-12-15-9-7-14(3)8-10-15/h4-11,13H,12H2,1-3H3,(H,23,27)(H,24,26). The number of anilines is 1. The summed E-state index contributed by atoms with van der Waals surface area (Å²) in [5, 5.41) is 5.75. The third kappa shape index (κ3) is 4.61. The summed E-state index contributed by atoms with van der Waals surface area (Å²) in [6, 6.07) is 13.4. The number of carbonyl (C=O) groups is 2. The first-order chi connectivity index (χ1) is 13.5. The Labute approximate surface area is 168 Å². The van der Waals surface area contributed by atoms with E-state index in [0.29, 0.717) is 28.5 Å². The first kappa shape index (κ1) is 19.7. The van der Waals surface area contributed by atoms with Gasteiger partial charge in [0.15, 0.2) is 0 Å². The molecule has 0 radical (unpaired) electrons. The fourth-order valence-corrected chi connectivity index (χ4v) is 3.24. The lowest BCUT2D eigenvalue weighted by atomic mass is 10.1. The largest absolute Gasteiger partial charge is 0.347 e. The van der Waals surface area contributed by atoms with Crippen LogP contribution in [0.4, 0.5) is 5.69 Å². The van der Waals surface area contributed by atoms with E-state index >= 15 is 0 Å². The van der Waals surface area contributed by atoms with E-state index < -0.39 is 0 Å². The molecule has 3 aromatic rings. The fourth-order valence-electron chi connectivity index (χ4n) is 2.47. The van der Waals surface area contributed by atoms with Crippen LogP contribution in [0.5, 0.6) is 0 Å². The summed E-state index contributed by atoms with van der Waals surface area (Å²) in [6.07, 6.45) is 1.65.